The molecule has 126 valence electrons. The highest BCUT2D eigenvalue weighted by molar-refractivity contribution is 5.76. The maximum atomic E-state index is 11.0. The summed E-state index contributed by atoms with van der Waals surface area (Å²) in [5, 5.41) is 0. The molecule has 0 saturated heterocycles. The van der Waals surface area contributed by atoms with Crippen LogP contribution in [0.1, 0.15) is 48.2 Å². The number of hydrogen-bond acceptors (Lipinski definition) is 3. The summed E-state index contributed by atoms with van der Waals surface area (Å²) in [7, 11) is 0. The molecule has 4 heteroatoms. The van der Waals surface area contributed by atoms with Gasteiger partial charge in [0.15, 0.2) is 0 Å². The fraction of sp³-hybridized carbons (Fsp3) is 0.400. The molecule has 0 spiro atoms. The monoisotopic (exact) mass is 324 g/mol. The predicted molar refractivity (Wildman–Crippen MR) is 94.2 cm³/mol. The van der Waals surface area contributed by atoms with Crippen molar-refractivity contribution in [2.45, 2.75) is 52.1 Å². The third-order valence-electron chi connectivity index (χ3n) is 4.27. The Balaban J connectivity index is 1.83. The van der Waals surface area contributed by atoms with Gasteiger partial charge in [-0.05, 0) is 61.8 Å². The Morgan fingerprint density at radius 1 is 1.21 bits per heavy atom. The summed E-state index contributed by atoms with van der Waals surface area (Å²) in [6.45, 7) is 4.04. The molecule has 3 rings (SSSR count). The van der Waals surface area contributed by atoms with Gasteiger partial charge in [0.05, 0.1) is 12.5 Å². The molecule has 1 aromatic heterocycles. The maximum Gasteiger partial charge on any atom is 0.221 e. The number of aryl methyl sites for hydroxylation is 1. The van der Waals surface area contributed by atoms with E-state index in [1.54, 1.807) is 0 Å². The van der Waals surface area contributed by atoms with Crippen LogP contribution in [-0.4, -0.2) is 17.0 Å². The largest absolute Gasteiger partial charge is 0.475 e. The fourth-order valence-electron chi connectivity index (χ4n) is 3.25. The second kappa shape index (κ2) is 7.04. The van der Waals surface area contributed by atoms with Crippen molar-refractivity contribution in [3.63, 3.8) is 0 Å². The molecule has 0 aliphatic heterocycles. The van der Waals surface area contributed by atoms with Crippen LogP contribution in [0.25, 0.3) is 0 Å². The molecule has 0 saturated carbocycles. The molecule has 1 aliphatic rings. The number of amides is 1. The minimum Gasteiger partial charge on any atom is -0.475 e. The Morgan fingerprint density at radius 2 is 1.92 bits per heavy atom. The molecule has 0 fully saturated rings. The SMILES string of the molecule is CC(C)Oc1cc(Cc2ccc(CC(N)=O)cc2)c2c(n1)CCC2. The van der Waals surface area contributed by atoms with Crippen LogP contribution in [0.3, 0.4) is 0 Å². The van der Waals surface area contributed by atoms with Gasteiger partial charge in [0.25, 0.3) is 0 Å². The minimum absolute atomic E-state index is 0.123. The van der Waals surface area contributed by atoms with Crippen molar-refractivity contribution in [2.75, 3.05) is 0 Å². The van der Waals surface area contributed by atoms with E-state index in [1.807, 2.05) is 26.0 Å². The zero-order valence-electron chi connectivity index (χ0n) is 14.3. The van der Waals surface area contributed by atoms with Gasteiger partial charge in [-0.25, -0.2) is 4.98 Å². The van der Waals surface area contributed by atoms with E-state index >= 15 is 0 Å². The molecule has 1 amide bonds. The third-order valence-corrected chi connectivity index (χ3v) is 4.27. The first-order chi connectivity index (χ1) is 11.5. The lowest BCUT2D eigenvalue weighted by molar-refractivity contribution is -0.117. The van der Waals surface area contributed by atoms with Crippen molar-refractivity contribution < 1.29 is 9.53 Å². The molecule has 0 unspecified atom stereocenters. The predicted octanol–water partition coefficient (Wildman–Crippen LogP) is 2.98. The summed E-state index contributed by atoms with van der Waals surface area (Å²) in [4.78, 5) is 15.7. The van der Waals surface area contributed by atoms with Gasteiger partial charge in [0.1, 0.15) is 0 Å². The van der Waals surface area contributed by atoms with E-state index in [2.05, 4.69) is 23.2 Å². The van der Waals surface area contributed by atoms with E-state index in [9.17, 15) is 4.79 Å². The van der Waals surface area contributed by atoms with E-state index < -0.39 is 0 Å². The number of ether oxygens (including phenoxy) is 1. The average Bonchev–Trinajstić information content (AvgIpc) is 2.96. The Morgan fingerprint density at radius 3 is 2.58 bits per heavy atom. The first kappa shape index (κ1) is 16.5. The Bertz CT molecular complexity index is 736. The van der Waals surface area contributed by atoms with Crippen LogP contribution in [0.5, 0.6) is 5.88 Å². The molecule has 0 atom stereocenters. The first-order valence-corrected chi connectivity index (χ1v) is 8.55. The van der Waals surface area contributed by atoms with Gasteiger partial charge in [0.2, 0.25) is 11.8 Å². The molecule has 1 aromatic carbocycles. The number of fused-ring (bicyclic) bond motifs is 1. The lowest BCUT2D eigenvalue weighted by Gasteiger charge is -2.14. The number of carbonyl (C=O) groups is 1. The maximum absolute atomic E-state index is 11.0. The molecule has 0 bridgehead atoms. The van der Waals surface area contributed by atoms with Crippen molar-refractivity contribution in [3.05, 3.63) is 58.3 Å². The molecule has 2 N–H and O–H groups in total. The number of pyridine rings is 1. The number of hydrogen-bond donors (Lipinski definition) is 1. The summed E-state index contributed by atoms with van der Waals surface area (Å²) in [6.07, 6.45) is 4.57. The smallest absolute Gasteiger partial charge is 0.221 e. The number of rotatable bonds is 6. The Labute approximate surface area is 143 Å². The first-order valence-electron chi connectivity index (χ1n) is 8.55. The fourth-order valence-corrected chi connectivity index (χ4v) is 3.25. The lowest BCUT2D eigenvalue weighted by Crippen LogP contribution is -2.13. The molecular formula is C20H24N2O2. The van der Waals surface area contributed by atoms with Gasteiger partial charge in [-0.2, -0.15) is 0 Å². The van der Waals surface area contributed by atoms with Crippen molar-refractivity contribution in [2.24, 2.45) is 5.73 Å². The number of primary amides is 1. The summed E-state index contributed by atoms with van der Waals surface area (Å²) in [5.41, 5.74) is 11.3. The zero-order valence-corrected chi connectivity index (χ0v) is 14.3. The van der Waals surface area contributed by atoms with Gasteiger partial charge >= 0.3 is 0 Å². The quantitative estimate of drug-likeness (QED) is 0.888. The van der Waals surface area contributed by atoms with Crippen LogP contribution in [0, 0.1) is 0 Å². The number of nitrogens with two attached hydrogens (primary N) is 1. The number of nitrogens with zero attached hydrogens (tertiary/aromatic N) is 1. The Kier molecular flexibility index (Phi) is 4.84. The second-order valence-corrected chi connectivity index (χ2v) is 6.70. The molecule has 24 heavy (non-hydrogen) atoms. The van der Waals surface area contributed by atoms with E-state index in [0.29, 0.717) is 0 Å². The van der Waals surface area contributed by atoms with Crippen LogP contribution in [0.15, 0.2) is 30.3 Å². The highest BCUT2D eigenvalue weighted by Gasteiger charge is 2.19. The highest BCUT2D eigenvalue weighted by Crippen LogP contribution is 2.29. The minimum atomic E-state index is -0.301. The second-order valence-electron chi connectivity index (χ2n) is 6.70. The van der Waals surface area contributed by atoms with E-state index in [1.165, 1.54) is 22.4 Å². The molecular weight excluding hydrogens is 300 g/mol. The summed E-state index contributed by atoms with van der Waals surface area (Å²) in [5.74, 6) is 0.427. The van der Waals surface area contributed by atoms with Crippen LogP contribution in [0.4, 0.5) is 0 Å². The van der Waals surface area contributed by atoms with Crippen molar-refractivity contribution in [1.82, 2.24) is 4.98 Å². The van der Waals surface area contributed by atoms with E-state index in [-0.39, 0.29) is 18.4 Å². The standard InChI is InChI=1S/C20H24N2O2/c1-13(2)24-20-12-16(17-4-3-5-18(17)22-20)10-14-6-8-15(9-7-14)11-19(21)23/h6-9,12-13H,3-5,10-11H2,1-2H3,(H2,21,23). The molecule has 2 aromatic rings. The molecule has 1 heterocycles. The average molecular weight is 324 g/mol. The molecule has 4 nitrogen and oxygen atoms in total. The Hall–Kier alpha value is -2.36. The van der Waals surface area contributed by atoms with Gasteiger partial charge in [-0.15, -0.1) is 0 Å². The van der Waals surface area contributed by atoms with Gasteiger partial charge < -0.3 is 10.5 Å². The van der Waals surface area contributed by atoms with Gasteiger partial charge in [-0.1, -0.05) is 24.3 Å². The zero-order chi connectivity index (χ0) is 17.1. The topological polar surface area (TPSA) is 65.2 Å². The lowest BCUT2D eigenvalue weighted by atomic mass is 9.98. The normalized spacial score (nSPS) is 13.1. The summed E-state index contributed by atoms with van der Waals surface area (Å²) in [6, 6.07) is 10.2. The van der Waals surface area contributed by atoms with E-state index in [4.69, 9.17) is 10.5 Å². The van der Waals surface area contributed by atoms with Crippen molar-refractivity contribution >= 4 is 5.91 Å². The summed E-state index contributed by atoms with van der Waals surface area (Å²) < 4.78 is 5.82. The van der Waals surface area contributed by atoms with Gasteiger partial charge in [-0.3, -0.25) is 4.79 Å². The summed E-state index contributed by atoms with van der Waals surface area (Å²) >= 11 is 0. The molecule has 0 radical (unpaired) electrons. The van der Waals surface area contributed by atoms with Crippen LogP contribution in [-0.2, 0) is 30.5 Å². The van der Waals surface area contributed by atoms with E-state index in [0.717, 1.165) is 37.1 Å². The van der Waals surface area contributed by atoms with Crippen LogP contribution >= 0.6 is 0 Å². The number of aromatic nitrogens is 1. The van der Waals surface area contributed by atoms with Crippen molar-refractivity contribution in [1.29, 1.82) is 0 Å². The number of carbonyl (C=O) groups excluding carboxylic acids is 1. The van der Waals surface area contributed by atoms with Gasteiger partial charge in [0, 0.05) is 11.8 Å². The van der Waals surface area contributed by atoms with Crippen molar-refractivity contribution in [3.8, 4) is 5.88 Å². The van der Waals surface area contributed by atoms with Crippen LogP contribution < -0.4 is 10.5 Å². The van der Waals surface area contributed by atoms with Crippen LogP contribution in [0.2, 0.25) is 0 Å². The number of benzene rings is 1. The highest BCUT2D eigenvalue weighted by atomic mass is 16.5. The molecule has 1 aliphatic carbocycles. The third kappa shape index (κ3) is 3.94.